The third-order valence-corrected chi connectivity index (χ3v) is 1.50. The maximum absolute atomic E-state index is 9.94. The second-order valence-corrected chi connectivity index (χ2v) is 2.87. The predicted octanol–water partition coefficient (Wildman–Crippen LogP) is 2.80. The summed E-state index contributed by atoms with van der Waals surface area (Å²) in [6.45, 7) is 3.91. The zero-order valence-corrected chi connectivity index (χ0v) is 8.56. The molecule has 0 amide bonds. The van der Waals surface area contributed by atoms with Gasteiger partial charge in [-0.15, -0.1) is 0 Å². The minimum absolute atomic E-state index is 0.288. The molecule has 0 heterocycles. The van der Waals surface area contributed by atoms with E-state index in [9.17, 15) is 4.79 Å². The van der Waals surface area contributed by atoms with Gasteiger partial charge in [-0.1, -0.05) is 42.8 Å². The Balaban J connectivity index is 0.000000241. The summed E-state index contributed by atoms with van der Waals surface area (Å²) in [7, 11) is 0. The second-order valence-electron chi connectivity index (χ2n) is 2.87. The molecule has 0 saturated carbocycles. The molecule has 0 spiro atoms. The summed E-state index contributed by atoms with van der Waals surface area (Å²) in [6.07, 6.45) is 0.996. The first-order valence-corrected chi connectivity index (χ1v) is 4.56. The highest BCUT2D eigenvalue weighted by Crippen LogP contribution is 1.92. The molecule has 0 bridgehead atoms. The van der Waals surface area contributed by atoms with Gasteiger partial charge in [-0.3, -0.25) is 0 Å². The molecule has 1 aromatic carbocycles. The Labute approximate surface area is 84.3 Å². The van der Waals surface area contributed by atoms with E-state index in [0.29, 0.717) is 6.42 Å². The van der Waals surface area contributed by atoms with Crippen LogP contribution in [-0.4, -0.2) is 11.2 Å². The molecule has 0 unspecified atom stereocenters. The maximum Gasteiger partial charge on any atom is 0.342 e. The fourth-order valence-corrected chi connectivity index (χ4v) is 0.784. The van der Waals surface area contributed by atoms with Gasteiger partial charge >= 0.3 is 5.97 Å². The van der Waals surface area contributed by atoms with Crippen LogP contribution in [0.25, 0.3) is 0 Å². The lowest BCUT2D eigenvalue weighted by molar-refractivity contribution is -0.234. The largest absolute Gasteiger partial charge is 0.342 e. The lowest BCUT2D eigenvalue weighted by atomic mass is 10.2. The van der Waals surface area contributed by atoms with Crippen LogP contribution in [0.5, 0.6) is 0 Å². The van der Waals surface area contributed by atoms with Gasteiger partial charge in [-0.05, 0) is 13.3 Å². The molecule has 0 aliphatic heterocycles. The normalized spacial score (nSPS) is 8.50. The highest BCUT2D eigenvalue weighted by Gasteiger charge is 1.95. The van der Waals surface area contributed by atoms with Crippen molar-refractivity contribution in [1.82, 2.24) is 0 Å². The summed E-state index contributed by atoms with van der Waals surface area (Å²) in [5, 5.41) is 7.62. The zero-order chi connectivity index (χ0) is 10.8. The summed E-state index contributed by atoms with van der Waals surface area (Å²) in [4.78, 5) is 13.3. The van der Waals surface area contributed by atoms with E-state index in [-0.39, 0.29) is 6.42 Å². The van der Waals surface area contributed by atoms with Gasteiger partial charge in [0.1, 0.15) is 0 Å². The molecule has 1 rings (SSSR count). The number of aryl methyl sites for hydroxylation is 1. The van der Waals surface area contributed by atoms with Crippen LogP contribution in [0.3, 0.4) is 0 Å². The van der Waals surface area contributed by atoms with Crippen LogP contribution in [0.4, 0.5) is 0 Å². The number of benzene rings is 1. The van der Waals surface area contributed by atoms with Gasteiger partial charge in [-0.2, -0.15) is 5.26 Å². The standard InChI is InChI=1S/C7H8.C4H8O3/c1-7-5-3-2-4-6-7;1-2-3-4(5)7-6/h2-6H,1H3;6H,2-3H2,1H3. The molecule has 0 aliphatic carbocycles. The molecule has 0 saturated heterocycles. The van der Waals surface area contributed by atoms with E-state index in [0.717, 1.165) is 0 Å². The molecular formula is C11H16O3. The molecule has 3 heteroatoms. The van der Waals surface area contributed by atoms with Crippen LogP contribution in [0.2, 0.25) is 0 Å². The molecule has 0 atom stereocenters. The number of hydrogen-bond donors (Lipinski definition) is 1. The first-order valence-electron chi connectivity index (χ1n) is 4.56. The van der Waals surface area contributed by atoms with Gasteiger partial charge < -0.3 is 4.89 Å². The summed E-state index contributed by atoms with van der Waals surface area (Å²) >= 11 is 0. The van der Waals surface area contributed by atoms with Gasteiger partial charge in [0.05, 0.1) is 0 Å². The summed E-state index contributed by atoms with van der Waals surface area (Å²) in [5.41, 5.74) is 1.32. The van der Waals surface area contributed by atoms with E-state index in [1.54, 1.807) is 0 Å². The average molecular weight is 196 g/mol. The highest BCUT2D eigenvalue weighted by molar-refractivity contribution is 5.68. The lowest BCUT2D eigenvalue weighted by Gasteiger charge is -1.87. The first-order chi connectivity index (χ1) is 6.70. The topological polar surface area (TPSA) is 46.5 Å². The summed E-state index contributed by atoms with van der Waals surface area (Å²) in [6, 6.07) is 10.3. The molecule has 0 aromatic heterocycles. The van der Waals surface area contributed by atoms with Crippen LogP contribution >= 0.6 is 0 Å². The van der Waals surface area contributed by atoms with Crippen LogP contribution < -0.4 is 0 Å². The molecule has 78 valence electrons. The van der Waals surface area contributed by atoms with E-state index >= 15 is 0 Å². The molecule has 14 heavy (non-hydrogen) atoms. The average Bonchev–Trinajstić information content (AvgIpc) is 2.20. The Morgan fingerprint density at radius 3 is 2.14 bits per heavy atom. The number of rotatable bonds is 2. The molecule has 0 aliphatic rings. The third-order valence-electron chi connectivity index (χ3n) is 1.50. The lowest BCUT2D eigenvalue weighted by Crippen LogP contribution is -1.97. The van der Waals surface area contributed by atoms with Gasteiger partial charge in [0.15, 0.2) is 0 Å². The molecule has 1 aromatic rings. The van der Waals surface area contributed by atoms with Crippen molar-refractivity contribution >= 4 is 5.97 Å². The van der Waals surface area contributed by atoms with Crippen LogP contribution in [0, 0.1) is 6.92 Å². The van der Waals surface area contributed by atoms with E-state index in [2.05, 4.69) is 23.9 Å². The quantitative estimate of drug-likeness (QED) is 0.584. The molecule has 1 N–H and O–H groups in total. The van der Waals surface area contributed by atoms with Crippen molar-refractivity contribution in [3.63, 3.8) is 0 Å². The van der Waals surface area contributed by atoms with Crippen molar-refractivity contribution in [2.24, 2.45) is 0 Å². The minimum Gasteiger partial charge on any atom is -0.301 e. The number of carbonyl (C=O) groups is 1. The van der Waals surface area contributed by atoms with Crippen molar-refractivity contribution in [2.75, 3.05) is 0 Å². The Hall–Kier alpha value is -1.35. The predicted molar refractivity (Wildman–Crippen MR) is 54.8 cm³/mol. The van der Waals surface area contributed by atoms with E-state index in [1.165, 1.54) is 5.56 Å². The molecule has 0 fully saturated rings. The van der Waals surface area contributed by atoms with Crippen LogP contribution in [0.1, 0.15) is 25.3 Å². The number of hydrogen-bond acceptors (Lipinski definition) is 3. The minimum atomic E-state index is -0.567. The monoisotopic (exact) mass is 196 g/mol. The fourth-order valence-electron chi connectivity index (χ4n) is 0.784. The van der Waals surface area contributed by atoms with Crippen molar-refractivity contribution < 1.29 is 14.9 Å². The maximum atomic E-state index is 9.94. The Kier molecular flexibility index (Phi) is 7.46. The molecule has 3 nitrogen and oxygen atoms in total. The van der Waals surface area contributed by atoms with Gasteiger partial charge in [0.25, 0.3) is 0 Å². The van der Waals surface area contributed by atoms with Crippen molar-refractivity contribution in [3.05, 3.63) is 35.9 Å². The SMILES string of the molecule is CCCC(=O)OO.Cc1ccccc1. The first kappa shape index (κ1) is 12.7. The summed E-state index contributed by atoms with van der Waals surface area (Å²) < 4.78 is 0. The van der Waals surface area contributed by atoms with E-state index in [4.69, 9.17) is 5.26 Å². The van der Waals surface area contributed by atoms with Gasteiger partial charge in [0, 0.05) is 6.42 Å². The Morgan fingerprint density at radius 2 is 1.93 bits per heavy atom. The second kappa shape index (κ2) is 8.26. The number of carbonyl (C=O) groups excluding carboxylic acids is 1. The molecule has 0 radical (unpaired) electrons. The van der Waals surface area contributed by atoms with E-state index in [1.807, 2.05) is 25.1 Å². The van der Waals surface area contributed by atoms with Crippen molar-refractivity contribution in [3.8, 4) is 0 Å². The van der Waals surface area contributed by atoms with Gasteiger partial charge in [-0.25, -0.2) is 4.79 Å². The van der Waals surface area contributed by atoms with Gasteiger partial charge in [0.2, 0.25) is 0 Å². The Morgan fingerprint density at radius 1 is 1.36 bits per heavy atom. The van der Waals surface area contributed by atoms with Crippen molar-refractivity contribution in [2.45, 2.75) is 26.7 Å². The third kappa shape index (κ3) is 7.31. The smallest absolute Gasteiger partial charge is 0.301 e. The molecular weight excluding hydrogens is 180 g/mol. The van der Waals surface area contributed by atoms with Crippen LogP contribution in [0.15, 0.2) is 30.3 Å². The van der Waals surface area contributed by atoms with E-state index < -0.39 is 5.97 Å². The Bertz CT molecular complexity index is 244. The van der Waals surface area contributed by atoms with Crippen molar-refractivity contribution in [1.29, 1.82) is 0 Å². The van der Waals surface area contributed by atoms with Crippen LogP contribution in [-0.2, 0) is 9.68 Å². The zero-order valence-electron chi connectivity index (χ0n) is 8.56. The summed E-state index contributed by atoms with van der Waals surface area (Å²) in [5.74, 6) is -0.567. The highest BCUT2D eigenvalue weighted by atomic mass is 17.1. The fraction of sp³-hybridized carbons (Fsp3) is 0.364.